The van der Waals surface area contributed by atoms with E-state index in [2.05, 4.69) is 10.6 Å². The van der Waals surface area contributed by atoms with Gasteiger partial charge in [0.05, 0.1) is 28.2 Å². The minimum atomic E-state index is -0.225. The van der Waals surface area contributed by atoms with Gasteiger partial charge in [0.25, 0.3) is 0 Å². The molecule has 3 rings (SSSR count). The fourth-order valence-corrected chi connectivity index (χ4v) is 2.87. The maximum Gasteiger partial charge on any atom is 0.347 e. The average molecular weight is 354 g/mol. The van der Waals surface area contributed by atoms with Gasteiger partial charge >= 0.3 is 23.5 Å². The molecule has 0 saturated carbocycles. The molecule has 2 amide bonds. The lowest BCUT2D eigenvalue weighted by atomic mass is 10.2. The average Bonchev–Trinajstić information content (AvgIpc) is 3.09. The standard InChI is InChI=1S/C18H20N6O2/c1-21-8-9-22(2)17(21)15(25)19-13-6-5-7-14(12-13)20-16(26)18-23(3)10-11-24(18)4/h5-12H,1-4H3/p+2. The number of carbonyl (C=O) groups excluding carboxylic acids is 2. The zero-order chi connectivity index (χ0) is 18.8. The van der Waals surface area contributed by atoms with Crippen molar-refractivity contribution in [3.63, 3.8) is 0 Å². The van der Waals surface area contributed by atoms with Crippen LogP contribution >= 0.6 is 0 Å². The molecule has 2 heterocycles. The molecule has 0 spiro atoms. The molecule has 3 aromatic rings. The Hall–Kier alpha value is -3.42. The van der Waals surface area contributed by atoms with E-state index < -0.39 is 0 Å². The van der Waals surface area contributed by atoms with Crippen LogP contribution in [-0.2, 0) is 28.2 Å². The number of carbonyl (C=O) groups is 2. The van der Waals surface area contributed by atoms with Crippen molar-refractivity contribution in [2.45, 2.75) is 0 Å². The summed E-state index contributed by atoms with van der Waals surface area (Å²) >= 11 is 0. The third-order valence-corrected chi connectivity index (χ3v) is 4.15. The maximum atomic E-state index is 12.5. The molecule has 134 valence electrons. The zero-order valence-corrected chi connectivity index (χ0v) is 15.2. The van der Waals surface area contributed by atoms with Gasteiger partial charge in [0.15, 0.2) is 0 Å². The molecule has 0 radical (unpaired) electrons. The van der Waals surface area contributed by atoms with Crippen molar-refractivity contribution in [3.8, 4) is 0 Å². The summed E-state index contributed by atoms with van der Waals surface area (Å²) in [6.45, 7) is 0. The summed E-state index contributed by atoms with van der Waals surface area (Å²) in [4.78, 5) is 25.0. The highest BCUT2D eigenvalue weighted by molar-refractivity contribution is 6.03. The number of hydrogen-bond donors (Lipinski definition) is 2. The van der Waals surface area contributed by atoms with Gasteiger partial charge in [-0.25, -0.2) is 18.3 Å². The molecule has 0 fully saturated rings. The van der Waals surface area contributed by atoms with Gasteiger partial charge in [-0.2, -0.15) is 0 Å². The van der Waals surface area contributed by atoms with Gasteiger partial charge in [0.2, 0.25) is 0 Å². The summed E-state index contributed by atoms with van der Waals surface area (Å²) in [6.07, 6.45) is 7.24. The SMILES string of the molecule is Cn1cc[n+](C)c1C(=O)Nc1cccc(NC(=O)c2n(C)cc[n+]2C)c1. The van der Waals surface area contributed by atoms with Crippen LogP contribution in [0.5, 0.6) is 0 Å². The number of anilines is 2. The molecule has 0 aliphatic carbocycles. The fraction of sp³-hybridized carbons (Fsp3) is 0.222. The number of aryl methyl sites for hydroxylation is 4. The number of nitrogens with one attached hydrogen (secondary N) is 2. The Labute approximate surface area is 151 Å². The Morgan fingerprint density at radius 1 is 0.846 bits per heavy atom. The van der Waals surface area contributed by atoms with Crippen LogP contribution in [-0.4, -0.2) is 20.9 Å². The highest BCUT2D eigenvalue weighted by Crippen LogP contribution is 2.16. The van der Waals surface area contributed by atoms with E-state index in [4.69, 9.17) is 0 Å². The normalized spacial score (nSPS) is 10.6. The highest BCUT2D eigenvalue weighted by Gasteiger charge is 2.23. The highest BCUT2D eigenvalue weighted by atomic mass is 16.2. The Kier molecular flexibility index (Phi) is 4.57. The van der Waals surface area contributed by atoms with E-state index in [1.807, 2.05) is 53.0 Å². The summed E-state index contributed by atoms with van der Waals surface area (Å²) in [5.41, 5.74) is 1.20. The van der Waals surface area contributed by atoms with Gasteiger partial charge in [0, 0.05) is 11.4 Å². The van der Waals surface area contributed by atoms with Gasteiger partial charge in [-0.15, -0.1) is 0 Å². The quantitative estimate of drug-likeness (QED) is 0.670. The van der Waals surface area contributed by atoms with Crippen LogP contribution in [0.4, 0.5) is 11.4 Å². The first-order chi connectivity index (χ1) is 12.4. The first-order valence-electron chi connectivity index (χ1n) is 8.11. The Morgan fingerprint density at radius 3 is 1.62 bits per heavy atom. The summed E-state index contributed by atoms with van der Waals surface area (Å²) < 4.78 is 6.99. The Morgan fingerprint density at radius 2 is 1.27 bits per heavy atom. The largest absolute Gasteiger partial charge is 0.347 e. The van der Waals surface area contributed by atoms with Crippen LogP contribution < -0.4 is 19.8 Å². The second-order valence-electron chi connectivity index (χ2n) is 6.18. The van der Waals surface area contributed by atoms with E-state index in [-0.39, 0.29) is 11.8 Å². The van der Waals surface area contributed by atoms with E-state index in [1.54, 1.807) is 42.5 Å². The maximum absolute atomic E-state index is 12.5. The van der Waals surface area contributed by atoms with Crippen molar-refractivity contribution in [2.24, 2.45) is 28.2 Å². The molecule has 2 N–H and O–H groups in total. The third-order valence-electron chi connectivity index (χ3n) is 4.15. The minimum Gasteiger partial charge on any atom is -0.315 e. The van der Waals surface area contributed by atoms with E-state index in [0.717, 1.165) is 0 Å². The molecule has 1 aromatic carbocycles. The summed E-state index contributed by atoms with van der Waals surface area (Å²) in [6, 6.07) is 7.06. The molecule has 0 atom stereocenters. The van der Waals surface area contributed by atoms with E-state index in [0.29, 0.717) is 23.0 Å². The fourth-order valence-electron chi connectivity index (χ4n) is 2.87. The molecule has 2 aromatic heterocycles. The first kappa shape index (κ1) is 17.4. The van der Waals surface area contributed by atoms with Crippen molar-refractivity contribution in [1.29, 1.82) is 0 Å². The van der Waals surface area contributed by atoms with Crippen molar-refractivity contribution in [2.75, 3.05) is 10.6 Å². The van der Waals surface area contributed by atoms with Crippen molar-refractivity contribution in [1.82, 2.24) is 9.13 Å². The van der Waals surface area contributed by atoms with Crippen molar-refractivity contribution in [3.05, 3.63) is 60.7 Å². The van der Waals surface area contributed by atoms with Crippen LogP contribution in [0.1, 0.15) is 21.2 Å². The number of rotatable bonds is 4. The number of benzene rings is 1. The lowest BCUT2D eigenvalue weighted by molar-refractivity contribution is -0.672. The predicted molar refractivity (Wildman–Crippen MR) is 95.5 cm³/mol. The lowest BCUT2D eigenvalue weighted by Crippen LogP contribution is -2.37. The molecule has 0 bridgehead atoms. The van der Waals surface area contributed by atoms with E-state index in [9.17, 15) is 9.59 Å². The van der Waals surface area contributed by atoms with Crippen LogP contribution in [0.15, 0.2) is 49.1 Å². The summed E-state index contributed by atoms with van der Waals surface area (Å²) in [5, 5.41) is 5.71. The smallest absolute Gasteiger partial charge is 0.315 e. The Bertz CT molecular complexity index is 871. The second-order valence-corrected chi connectivity index (χ2v) is 6.18. The molecule has 0 aliphatic rings. The number of amides is 2. The molecule has 26 heavy (non-hydrogen) atoms. The van der Waals surface area contributed by atoms with Gasteiger partial charge < -0.3 is 10.6 Å². The van der Waals surface area contributed by atoms with Gasteiger partial charge in [-0.05, 0) is 18.2 Å². The molecule has 8 heteroatoms. The monoisotopic (exact) mass is 354 g/mol. The van der Waals surface area contributed by atoms with Gasteiger partial charge in [0.1, 0.15) is 24.8 Å². The number of nitrogens with zero attached hydrogens (tertiary/aromatic N) is 4. The molecular weight excluding hydrogens is 332 g/mol. The second kappa shape index (κ2) is 6.83. The summed E-state index contributed by atoms with van der Waals surface area (Å²) in [7, 11) is 7.24. The van der Waals surface area contributed by atoms with E-state index >= 15 is 0 Å². The topological polar surface area (TPSA) is 75.8 Å². The minimum absolute atomic E-state index is 0.225. The zero-order valence-electron chi connectivity index (χ0n) is 15.2. The third kappa shape index (κ3) is 3.34. The predicted octanol–water partition coefficient (Wildman–Crippen LogP) is 0.517. The van der Waals surface area contributed by atoms with Crippen LogP contribution in [0, 0.1) is 0 Å². The van der Waals surface area contributed by atoms with Crippen molar-refractivity contribution >= 4 is 23.2 Å². The van der Waals surface area contributed by atoms with E-state index in [1.165, 1.54) is 0 Å². The van der Waals surface area contributed by atoms with Crippen LogP contribution in [0.3, 0.4) is 0 Å². The number of aromatic nitrogens is 4. The molecule has 0 aliphatic heterocycles. The molecule has 0 unspecified atom stereocenters. The van der Waals surface area contributed by atoms with Crippen molar-refractivity contribution < 1.29 is 18.7 Å². The first-order valence-corrected chi connectivity index (χ1v) is 8.11. The van der Waals surface area contributed by atoms with Gasteiger partial charge in [-0.1, -0.05) is 6.07 Å². The Balaban J connectivity index is 1.76. The lowest BCUT2D eigenvalue weighted by Gasteiger charge is -2.07. The molecular formula is C18H22N6O2+2. The molecule has 0 saturated heterocycles. The van der Waals surface area contributed by atoms with Crippen LogP contribution in [0.2, 0.25) is 0 Å². The number of hydrogen-bond acceptors (Lipinski definition) is 2. The van der Waals surface area contributed by atoms with Crippen LogP contribution in [0.25, 0.3) is 0 Å². The van der Waals surface area contributed by atoms with Gasteiger partial charge in [-0.3, -0.25) is 9.59 Å². The number of imidazole rings is 2. The molecule has 8 nitrogen and oxygen atoms in total. The summed E-state index contributed by atoms with van der Waals surface area (Å²) in [5.74, 6) is 0.597.